The highest BCUT2D eigenvalue weighted by Crippen LogP contribution is 2.58. The average Bonchev–Trinajstić information content (AvgIpc) is 3.96. The van der Waals surface area contributed by atoms with Crippen LogP contribution in [0.2, 0.25) is 0 Å². The highest BCUT2D eigenvalue weighted by molar-refractivity contribution is 6.12. The number of hydrogen-bond donors (Lipinski definition) is 0. The van der Waals surface area contributed by atoms with E-state index in [1.807, 2.05) is 0 Å². The maximum absolute atomic E-state index is 2.54. The van der Waals surface area contributed by atoms with Crippen molar-refractivity contribution in [3.8, 4) is 44.5 Å². The van der Waals surface area contributed by atoms with Gasteiger partial charge < -0.3 is 4.90 Å². The third-order valence-corrected chi connectivity index (χ3v) is 14.2. The Morgan fingerprint density at radius 1 is 0.373 bits per heavy atom. The van der Waals surface area contributed by atoms with Crippen LogP contribution in [0.3, 0.4) is 0 Å². The number of anilines is 3. The SMILES string of the molecule is CC1(C)c2ccccc2-c2cccc(-c3cccc(N(c4ccc(-c5cccc6c5ccc5ccccc56)cc4)c4ccc5c(c4)C4(CCCC4)c4ccccc4-5)c3)c21. The molecule has 0 aliphatic heterocycles. The van der Waals surface area contributed by atoms with Gasteiger partial charge in [0.1, 0.15) is 0 Å². The number of benzene rings is 9. The summed E-state index contributed by atoms with van der Waals surface area (Å²) < 4.78 is 0. The van der Waals surface area contributed by atoms with E-state index in [1.54, 1.807) is 0 Å². The predicted octanol–water partition coefficient (Wildman–Crippen LogP) is 15.9. The molecule has 1 fully saturated rings. The lowest BCUT2D eigenvalue weighted by atomic mass is 9.76. The van der Waals surface area contributed by atoms with Crippen molar-refractivity contribution >= 4 is 38.6 Å². The monoisotopic (exact) mass is 755 g/mol. The first-order valence-electron chi connectivity index (χ1n) is 21.4. The maximum Gasteiger partial charge on any atom is 0.0467 e. The summed E-state index contributed by atoms with van der Waals surface area (Å²) in [5.41, 5.74) is 19.9. The first-order chi connectivity index (χ1) is 29.0. The van der Waals surface area contributed by atoms with Crippen molar-refractivity contribution in [2.75, 3.05) is 4.90 Å². The summed E-state index contributed by atoms with van der Waals surface area (Å²) in [7, 11) is 0. The fraction of sp³-hybridized carbons (Fsp3) is 0.138. The van der Waals surface area contributed by atoms with Crippen molar-refractivity contribution in [1.82, 2.24) is 0 Å². The second-order valence-electron chi connectivity index (χ2n) is 17.6. The average molecular weight is 756 g/mol. The van der Waals surface area contributed by atoms with Crippen LogP contribution in [0.4, 0.5) is 17.1 Å². The normalized spacial score (nSPS) is 15.3. The van der Waals surface area contributed by atoms with E-state index in [1.165, 1.54) is 120 Å². The van der Waals surface area contributed by atoms with Crippen molar-refractivity contribution in [2.45, 2.75) is 50.4 Å². The molecule has 3 aliphatic carbocycles. The first kappa shape index (κ1) is 34.4. The molecular weight excluding hydrogens is 711 g/mol. The molecule has 1 spiro atoms. The van der Waals surface area contributed by atoms with E-state index in [4.69, 9.17) is 0 Å². The largest absolute Gasteiger partial charge is 0.310 e. The van der Waals surface area contributed by atoms with Crippen LogP contribution in [-0.2, 0) is 10.8 Å². The Hall–Kier alpha value is -6.70. The van der Waals surface area contributed by atoms with Gasteiger partial charge in [-0.25, -0.2) is 0 Å². The number of fused-ring (bicyclic) bond motifs is 11. The zero-order valence-electron chi connectivity index (χ0n) is 33.7. The molecule has 0 aromatic heterocycles. The Morgan fingerprint density at radius 2 is 0.983 bits per heavy atom. The van der Waals surface area contributed by atoms with Gasteiger partial charge in [0.2, 0.25) is 0 Å². The Labute approximate surface area is 347 Å². The number of hydrogen-bond acceptors (Lipinski definition) is 1. The van der Waals surface area contributed by atoms with Crippen molar-refractivity contribution in [1.29, 1.82) is 0 Å². The summed E-state index contributed by atoms with van der Waals surface area (Å²) in [6.07, 6.45) is 4.97. The van der Waals surface area contributed by atoms with Gasteiger partial charge >= 0.3 is 0 Å². The van der Waals surface area contributed by atoms with Gasteiger partial charge in [-0.05, 0) is 138 Å². The summed E-state index contributed by atoms with van der Waals surface area (Å²) in [6, 6.07) is 70.9. The molecule has 59 heavy (non-hydrogen) atoms. The van der Waals surface area contributed by atoms with Gasteiger partial charge in [0, 0.05) is 27.9 Å². The predicted molar refractivity (Wildman–Crippen MR) is 249 cm³/mol. The van der Waals surface area contributed by atoms with Crippen LogP contribution in [0.5, 0.6) is 0 Å². The third kappa shape index (κ3) is 5.04. The standard InChI is InChI=1S/C58H45N/c1-57(2)53-24-7-5-19-50(53)52-23-13-21-46(56(52)57)40-15-11-16-42(36-40)59(43-31-33-51-49-18-6-8-25-54(49)58(55(51)37-43)34-9-10-35-58)41-29-26-39(27-30-41)45-20-12-22-47-44-17-4-3-14-38(44)28-32-48(45)47/h3-8,11-33,36-37H,9-10,34-35H2,1-2H3. The van der Waals surface area contributed by atoms with E-state index < -0.39 is 0 Å². The van der Waals surface area contributed by atoms with Crippen molar-refractivity contribution in [3.63, 3.8) is 0 Å². The minimum absolute atomic E-state index is 0.0863. The Balaban J connectivity index is 1.02. The van der Waals surface area contributed by atoms with Gasteiger partial charge in [-0.2, -0.15) is 0 Å². The van der Waals surface area contributed by atoms with Crippen molar-refractivity contribution < 1.29 is 0 Å². The Bertz CT molecular complexity index is 3140. The highest BCUT2D eigenvalue weighted by Gasteiger charge is 2.45. The Kier molecular flexibility index (Phi) is 7.51. The summed E-state index contributed by atoms with van der Waals surface area (Å²) >= 11 is 0. The topological polar surface area (TPSA) is 3.24 Å². The van der Waals surface area contributed by atoms with Gasteiger partial charge in [0.15, 0.2) is 0 Å². The molecule has 0 atom stereocenters. The molecule has 282 valence electrons. The molecule has 1 saturated carbocycles. The van der Waals surface area contributed by atoms with E-state index in [0.29, 0.717) is 0 Å². The second kappa shape index (κ2) is 12.9. The molecule has 9 aromatic carbocycles. The van der Waals surface area contributed by atoms with Gasteiger partial charge in [0.05, 0.1) is 0 Å². The summed E-state index contributed by atoms with van der Waals surface area (Å²) in [4.78, 5) is 2.50. The molecular formula is C58H45N. The lowest BCUT2D eigenvalue weighted by Gasteiger charge is -2.30. The minimum Gasteiger partial charge on any atom is -0.310 e. The minimum atomic E-state index is -0.105. The summed E-state index contributed by atoms with van der Waals surface area (Å²) in [5, 5.41) is 5.14. The van der Waals surface area contributed by atoms with Gasteiger partial charge in [-0.1, -0.05) is 178 Å². The summed E-state index contributed by atoms with van der Waals surface area (Å²) in [5.74, 6) is 0. The molecule has 12 rings (SSSR count). The zero-order chi connectivity index (χ0) is 39.3. The van der Waals surface area contributed by atoms with Crippen LogP contribution in [0, 0.1) is 0 Å². The van der Waals surface area contributed by atoms with Gasteiger partial charge in [-0.3, -0.25) is 0 Å². The van der Waals surface area contributed by atoms with Crippen LogP contribution in [0.1, 0.15) is 61.8 Å². The second-order valence-corrected chi connectivity index (χ2v) is 17.6. The summed E-state index contributed by atoms with van der Waals surface area (Å²) in [6.45, 7) is 4.78. The van der Waals surface area contributed by atoms with Crippen LogP contribution < -0.4 is 4.90 Å². The third-order valence-electron chi connectivity index (χ3n) is 14.2. The van der Waals surface area contributed by atoms with Crippen LogP contribution in [-0.4, -0.2) is 0 Å². The fourth-order valence-electron chi connectivity index (χ4n) is 11.5. The smallest absolute Gasteiger partial charge is 0.0467 e. The number of rotatable bonds is 5. The molecule has 1 nitrogen and oxygen atoms in total. The molecule has 0 heterocycles. The van der Waals surface area contributed by atoms with Crippen LogP contribution in [0.15, 0.2) is 188 Å². The Morgan fingerprint density at radius 3 is 1.83 bits per heavy atom. The van der Waals surface area contributed by atoms with E-state index in [2.05, 4.69) is 207 Å². The van der Waals surface area contributed by atoms with E-state index in [-0.39, 0.29) is 10.8 Å². The van der Waals surface area contributed by atoms with Crippen molar-refractivity contribution in [3.05, 3.63) is 210 Å². The highest BCUT2D eigenvalue weighted by atomic mass is 15.1. The first-order valence-corrected chi connectivity index (χ1v) is 21.4. The zero-order valence-corrected chi connectivity index (χ0v) is 33.7. The van der Waals surface area contributed by atoms with Gasteiger partial charge in [0.25, 0.3) is 0 Å². The van der Waals surface area contributed by atoms with Crippen LogP contribution >= 0.6 is 0 Å². The quantitative estimate of drug-likeness (QED) is 0.158. The van der Waals surface area contributed by atoms with E-state index in [0.717, 1.165) is 11.4 Å². The molecule has 1 heteroatoms. The molecule has 0 radical (unpaired) electrons. The molecule has 3 aliphatic rings. The maximum atomic E-state index is 2.54. The molecule has 0 amide bonds. The lowest BCUT2D eigenvalue weighted by molar-refractivity contribution is 0.550. The molecule has 0 bridgehead atoms. The number of nitrogens with zero attached hydrogens (tertiary/aromatic N) is 1. The van der Waals surface area contributed by atoms with Gasteiger partial charge in [-0.15, -0.1) is 0 Å². The fourth-order valence-corrected chi connectivity index (χ4v) is 11.5. The molecule has 9 aromatic rings. The van der Waals surface area contributed by atoms with E-state index >= 15 is 0 Å². The molecule has 0 unspecified atom stereocenters. The molecule has 0 saturated heterocycles. The lowest BCUT2D eigenvalue weighted by Crippen LogP contribution is -2.21. The van der Waals surface area contributed by atoms with Crippen LogP contribution in [0.25, 0.3) is 66.1 Å². The van der Waals surface area contributed by atoms with Crippen molar-refractivity contribution in [2.24, 2.45) is 0 Å². The molecule has 0 N–H and O–H groups in total. The van der Waals surface area contributed by atoms with E-state index in [9.17, 15) is 0 Å².